The van der Waals surface area contributed by atoms with Crippen molar-refractivity contribution in [1.29, 1.82) is 0 Å². The Bertz CT molecular complexity index is 533. The van der Waals surface area contributed by atoms with Crippen LogP contribution in [-0.2, 0) is 0 Å². The second kappa shape index (κ2) is 4.99. The third-order valence-corrected chi connectivity index (χ3v) is 2.46. The van der Waals surface area contributed by atoms with Crippen molar-refractivity contribution in [2.75, 3.05) is 12.5 Å². The first-order valence-corrected chi connectivity index (χ1v) is 5.26. The molecule has 1 aromatic heterocycles. The third-order valence-electron chi connectivity index (χ3n) is 2.22. The average molecular weight is 251 g/mol. The molecule has 1 aromatic carbocycles. The summed E-state index contributed by atoms with van der Waals surface area (Å²) in [6.45, 7) is 0. The molecule has 0 aliphatic heterocycles. The van der Waals surface area contributed by atoms with Crippen LogP contribution in [0.2, 0.25) is 5.02 Å². The van der Waals surface area contributed by atoms with Gasteiger partial charge in [-0.25, -0.2) is 15.8 Å². The summed E-state index contributed by atoms with van der Waals surface area (Å²) >= 11 is 5.96. The van der Waals surface area contributed by atoms with Crippen molar-refractivity contribution in [3.8, 4) is 17.0 Å². The maximum atomic E-state index is 5.96. The van der Waals surface area contributed by atoms with Gasteiger partial charge in [-0.1, -0.05) is 11.6 Å². The summed E-state index contributed by atoms with van der Waals surface area (Å²) in [5, 5.41) is 0.613. The van der Waals surface area contributed by atoms with Crippen LogP contribution in [0.1, 0.15) is 0 Å². The van der Waals surface area contributed by atoms with Gasteiger partial charge in [0.2, 0.25) is 5.95 Å². The molecule has 0 unspecified atom stereocenters. The second-order valence-electron chi connectivity index (χ2n) is 3.25. The van der Waals surface area contributed by atoms with E-state index in [1.165, 1.54) is 0 Å². The highest BCUT2D eigenvalue weighted by Crippen LogP contribution is 2.31. The van der Waals surface area contributed by atoms with E-state index in [0.29, 0.717) is 22.4 Å². The number of hydrogen-bond donors (Lipinski definition) is 2. The number of anilines is 1. The van der Waals surface area contributed by atoms with Gasteiger partial charge in [0.15, 0.2) is 0 Å². The second-order valence-corrected chi connectivity index (χ2v) is 3.69. The molecule has 6 heteroatoms. The molecule has 0 amide bonds. The van der Waals surface area contributed by atoms with E-state index in [0.717, 1.165) is 5.56 Å². The number of nitrogens with zero attached hydrogens (tertiary/aromatic N) is 2. The van der Waals surface area contributed by atoms with E-state index in [4.69, 9.17) is 22.2 Å². The zero-order valence-electron chi connectivity index (χ0n) is 9.14. The number of ether oxygens (including phenoxy) is 1. The predicted molar refractivity (Wildman–Crippen MR) is 66.8 cm³/mol. The van der Waals surface area contributed by atoms with E-state index in [9.17, 15) is 0 Å². The molecule has 1 heterocycles. The molecule has 0 radical (unpaired) electrons. The van der Waals surface area contributed by atoms with Crippen molar-refractivity contribution in [3.63, 3.8) is 0 Å². The van der Waals surface area contributed by atoms with Crippen LogP contribution < -0.4 is 16.0 Å². The molecule has 0 fully saturated rings. The van der Waals surface area contributed by atoms with Crippen molar-refractivity contribution >= 4 is 17.5 Å². The molecule has 0 atom stereocenters. The fourth-order valence-electron chi connectivity index (χ4n) is 1.46. The number of aromatic nitrogens is 2. The molecule has 5 nitrogen and oxygen atoms in total. The minimum Gasteiger partial charge on any atom is -0.496 e. The first kappa shape index (κ1) is 11.6. The van der Waals surface area contributed by atoms with Crippen LogP contribution in [0.15, 0.2) is 30.5 Å². The van der Waals surface area contributed by atoms with E-state index in [-0.39, 0.29) is 0 Å². The van der Waals surface area contributed by atoms with Crippen molar-refractivity contribution in [2.24, 2.45) is 5.84 Å². The van der Waals surface area contributed by atoms with Gasteiger partial charge in [-0.15, -0.1) is 0 Å². The van der Waals surface area contributed by atoms with E-state index in [1.54, 1.807) is 37.6 Å². The Hall–Kier alpha value is -1.85. The number of methoxy groups -OCH3 is 1. The summed E-state index contributed by atoms with van der Waals surface area (Å²) in [6, 6.07) is 7.08. The van der Waals surface area contributed by atoms with Crippen LogP contribution in [-0.4, -0.2) is 17.1 Å². The number of hydrazine groups is 1. The standard InChI is InChI=1S/C11H11ClN4O/c1-17-10-3-2-7(12)6-8(10)9-4-5-14-11(15-9)16-13/h2-6H,13H2,1H3,(H,14,15,16). The lowest BCUT2D eigenvalue weighted by molar-refractivity contribution is 0.416. The summed E-state index contributed by atoms with van der Waals surface area (Å²) in [6.07, 6.45) is 1.61. The van der Waals surface area contributed by atoms with Gasteiger partial charge in [0.1, 0.15) is 5.75 Å². The van der Waals surface area contributed by atoms with E-state index in [1.807, 2.05) is 0 Å². The van der Waals surface area contributed by atoms with Crippen LogP contribution in [0.4, 0.5) is 5.95 Å². The number of nitrogen functional groups attached to an aromatic ring is 1. The zero-order chi connectivity index (χ0) is 12.3. The molecular weight excluding hydrogens is 240 g/mol. The smallest absolute Gasteiger partial charge is 0.237 e. The molecule has 0 aliphatic carbocycles. The van der Waals surface area contributed by atoms with Gasteiger partial charge in [0, 0.05) is 16.8 Å². The Kier molecular flexibility index (Phi) is 3.41. The summed E-state index contributed by atoms with van der Waals surface area (Å²) in [7, 11) is 1.59. The predicted octanol–water partition coefficient (Wildman–Crippen LogP) is 2.09. The number of nitrogens with one attached hydrogen (secondary N) is 1. The third kappa shape index (κ3) is 2.46. The quantitative estimate of drug-likeness (QED) is 0.645. The average Bonchev–Trinajstić information content (AvgIpc) is 2.39. The van der Waals surface area contributed by atoms with Gasteiger partial charge in [-0.2, -0.15) is 0 Å². The maximum absolute atomic E-state index is 5.96. The van der Waals surface area contributed by atoms with Crippen LogP contribution >= 0.6 is 11.6 Å². The lowest BCUT2D eigenvalue weighted by Gasteiger charge is -2.08. The summed E-state index contributed by atoms with van der Waals surface area (Å²) in [4.78, 5) is 8.17. The molecule has 88 valence electrons. The highest BCUT2D eigenvalue weighted by Gasteiger charge is 2.08. The molecule has 3 N–H and O–H groups in total. The minimum atomic E-state index is 0.338. The number of halogens is 1. The molecule has 2 rings (SSSR count). The summed E-state index contributed by atoms with van der Waals surface area (Å²) in [5.74, 6) is 6.29. The lowest BCUT2D eigenvalue weighted by Crippen LogP contribution is -2.10. The Balaban J connectivity index is 2.54. The number of benzene rings is 1. The van der Waals surface area contributed by atoms with Crippen LogP contribution in [0, 0.1) is 0 Å². The largest absolute Gasteiger partial charge is 0.496 e. The number of rotatable bonds is 3. The molecule has 17 heavy (non-hydrogen) atoms. The van der Waals surface area contributed by atoms with Gasteiger partial charge in [-0.05, 0) is 24.3 Å². The molecule has 0 saturated carbocycles. The highest BCUT2D eigenvalue weighted by molar-refractivity contribution is 6.30. The Labute approximate surface area is 104 Å². The van der Waals surface area contributed by atoms with Gasteiger partial charge >= 0.3 is 0 Å². The lowest BCUT2D eigenvalue weighted by atomic mass is 10.1. The Morgan fingerprint density at radius 1 is 1.35 bits per heavy atom. The molecule has 0 saturated heterocycles. The van der Waals surface area contributed by atoms with Gasteiger partial charge in [0.25, 0.3) is 0 Å². The van der Waals surface area contributed by atoms with Crippen LogP contribution in [0.5, 0.6) is 5.75 Å². The fourth-order valence-corrected chi connectivity index (χ4v) is 1.63. The van der Waals surface area contributed by atoms with Crippen LogP contribution in [0.3, 0.4) is 0 Å². The molecule has 0 bridgehead atoms. The van der Waals surface area contributed by atoms with Crippen molar-refractivity contribution in [2.45, 2.75) is 0 Å². The number of nitrogens with two attached hydrogens (primary N) is 1. The van der Waals surface area contributed by atoms with Crippen molar-refractivity contribution in [1.82, 2.24) is 9.97 Å². The molecule has 0 spiro atoms. The molecule has 2 aromatic rings. The Morgan fingerprint density at radius 3 is 2.88 bits per heavy atom. The van der Waals surface area contributed by atoms with Gasteiger partial charge in [0.05, 0.1) is 12.8 Å². The Morgan fingerprint density at radius 2 is 2.18 bits per heavy atom. The van der Waals surface area contributed by atoms with Gasteiger partial charge in [-0.3, -0.25) is 5.43 Å². The first-order chi connectivity index (χ1) is 8.24. The van der Waals surface area contributed by atoms with E-state index >= 15 is 0 Å². The topological polar surface area (TPSA) is 73.1 Å². The maximum Gasteiger partial charge on any atom is 0.237 e. The van der Waals surface area contributed by atoms with Crippen molar-refractivity contribution in [3.05, 3.63) is 35.5 Å². The monoisotopic (exact) mass is 250 g/mol. The van der Waals surface area contributed by atoms with Gasteiger partial charge < -0.3 is 4.74 Å². The summed E-state index contributed by atoms with van der Waals surface area (Å²) < 4.78 is 5.26. The van der Waals surface area contributed by atoms with E-state index < -0.39 is 0 Å². The molecule has 0 aliphatic rings. The fraction of sp³-hybridized carbons (Fsp3) is 0.0909. The zero-order valence-corrected chi connectivity index (χ0v) is 9.90. The summed E-state index contributed by atoms with van der Waals surface area (Å²) in [5.41, 5.74) is 3.87. The number of hydrogen-bond acceptors (Lipinski definition) is 5. The van der Waals surface area contributed by atoms with E-state index in [2.05, 4.69) is 15.4 Å². The first-order valence-electron chi connectivity index (χ1n) is 4.88. The highest BCUT2D eigenvalue weighted by atomic mass is 35.5. The normalized spacial score (nSPS) is 10.1. The molecular formula is C11H11ClN4O. The van der Waals surface area contributed by atoms with Crippen LogP contribution in [0.25, 0.3) is 11.3 Å². The van der Waals surface area contributed by atoms with Crippen molar-refractivity contribution < 1.29 is 4.74 Å². The minimum absolute atomic E-state index is 0.338. The SMILES string of the molecule is COc1ccc(Cl)cc1-c1ccnc(NN)n1.